The van der Waals surface area contributed by atoms with E-state index in [-0.39, 0.29) is 5.69 Å². The van der Waals surface area contributed by atoms with Gasteiger partial charge in [0.1, 0.15) is 0 Å². The van der Waals surface area contributed by atoms with Crippen LogP contribution in [0.25, 0.3) is 0 Å². The van der Waals surface area contributed by atoms with Crippen LogP contribution in [0, 0.1) is 28.9 Å². The molecule has 7 heteroatoms. The average molecular weight is 296 g/mol. The third-order valence-corrected chi connectivity index (χ3v) is 3.14. The van der Waals surface area contributed by atoms with Crippen molar-refractivity contribution in [3.05, 3.63) is 55.3 Å². The van der Waals surface area contributed by atoms with Crippen molar-refractivity contribution in [1.29, 1.82) is 0 Å². The zero-order valence-electron chi connectivity index (χ0n) is 9.70. The van der Waals surface area contributed by atoms with Gasteiger partial charge in [0.05, 0.1) is 26.2 Å². The first-order chi connectivity index (χ1) is 8.99. The van der Waals surface area contributed by atoms with E-state index in [2.05, 4.69) is 22.0 Å². The van der Waals surface area contributed by atoms with Crippen LogP contribution in [-0.4, -0.2) is 15.1 Å². The highest BCUT2D eigenvalue weighted by molar-refractivity contribution is 6.32. The Labute approximate surface area is 118 Å². The lowest BCUT2D eigenvalue weighted by molar-refractivity contribution is -0.384. The van der Waals surface area contributed by atoms with Crippen molar-refractivity contribution in [3.8, 4) is 11.8 Å². The Morgan fingerprint density at radius 1 is 1.37 bits per heavy atom. The summed E-state index contributed by atoms with van der Waals surface area (Å²) in [5.74, 6) is 5.45. The number of non-ortho nitro benzene ring substituents is 1. The molecule has 0 aliphatic rings. The molecule has 1 aromatic carbocycles. The van der Waals surface area contributed by atoms with E-state index >= 15 is 0 Å². The van der Waals surface area contributed by atoms with Crippen molar-refractivity contribution in [1.82, 2.24) is 10.2 Å². The van der Waals surface area contributed by atoms with Crippen LogP contribution < -0.4 is 0 Å². The van der Waals surface area contributed by atoms with Gasteiger partial charge in [-0.3, -0.25) is 15.2 Å². The van der Waals surface area contributed by atoms with Crippen molar-refractivity contribution < 1.29 is 4.92 Å². The summed E-state index contributed by atoms with van der Waals surface area (Å²) in [4.78, 5) is 10.2. The molecule has 0 saturated carbocycles. The summed E-state index contributed by atoms with van der Waals surface area (Å²) in [6.45, 7) is 1.76. The fourth-order valence-electron chi connectivity index (χ4n) is 1.35. The minimum Gasteiger partial charge on any atom is -0.280 e. The van der Waals surface area contributed by atoms with Gasteiger partial charge in [-0.05, 0) is 18.9 Å². The second kappa shape index (κ2) is 5.31. The minimum absolute atomic E-state index is 0.0713. The first-order valence-electron chi connectivity index (χ1n) is 5.15. The summed E-state index contributed by atoms with van der Waals surface area (Å²) in [6, 6.07) is 4.06. The molecule has 0 aliphatic carbocycles. The fourth-order valence-corrected chi connectivity index (χ4v) is 1.64. The Hall–Kier alpha value is -2.03. The largest absolute Gasteiger partial charge is 0.280 e. The average Bonchev–Trinajstić information content (AvgIpc) is 2.69. The smallest absolute Gasteiger partial charge is 0.270 e. The van der Waals surface area contributed by atoms with Crippen molar-refractivity contribution in [3.63, 3.8) is 0 Å². The van der Waals surface area contributed by atoms with Crippen LogP contribution in [0.4, 0.5) is 5.69 Å². The molecule has 0 spiro atoms. The molecule has 0 amide bonds. The number of nitrogens with zero attached hydrogens (tertiary/aromatic N) is 2. The first kappa shape index (κ1) is 13.4. The van der Waals surface area contributed by atoms with Gasteiger partial charge in [-0.25, -0.2) is 0 Å². The maximum Gasteiger partial charge on any atom is 0.270 e. The highest BCUT2D eigenvalue weighted by Gasteiger charge is 2.09. The number of hydrogen-bond donors (Lipinski definition) is 1. The van der Waals surface area contributed by atoms with Crippen LogP contribution in [-0.2, 0) is 0 Å². The minimum atomic E-state index is -0.507. The molecule has 0 atom stereocenters. The molecule has 0 radical (unpaired) electrons. The highest BCUT2D eigenvalue weighted by Crippen LogP contribution is 2.22. The van der Waals surface area contributed by atoms with Crippen molar-refractivity contribution in [2.24, 2.45) is 0 Å². The van der Waals surface area contributed by atoms with Crippen molar-refractivity contribution >= 4 is 28.9 Å². The van der Waals surface area contributed by atoms with Crippen LogP contribution in [0.3, 0.4) is 0 Å². The number of aryl methyl sites for hydroxylation is 1. The lowest BCUT2D eigenvalue weighted by atomic mass is 10.2. The molecule has 0 saturated heterocycles. The molecular weight excluding hydrogens is 289 g/mol. The normalized spacial score (nSPS) is 9.84. The third-order valence-electron chi connectivity index (χ3n) is 2.35. The summed E-state index contributed by atoms with van der Waals surface area (Å²) < 4.78 is 0. The summed E-state index contributed by atoms with van der Waals surface area (Å²) >= 11 is 11.9. The molecule has 96 valence electrons. The van der Waals surface area contributed by atoms with Gasteiger partial charge >= 0.3 is 0 Å². The Balaban J connectivity index is 2.42. The van der Waals surface area contributed by atoms with Gasteiger partial charge in [-0.15, -0.1) is 0 Å². The summed E-state index contributed by atoms with van der Waals surface area (Å²) in [5, 5.41) is 18.0. The Kier molecular flexibility index (Phi) is 3.74. The Morgan fingerprint density at radius 3 is 2.68 bits per heavy atom. The molecular formula is C12H7Cl2N3O2. The van der Waals surface area contributed by atoms with Gasteiger partial charge < -0.3 is 0 Å². The number of halogens is 2. The third kappa shape index (κ3) is 2.87. The number of benzene rings is 1. The van der Waals surface area contributed by atoms with Gasteiger partial charge in [-0.2, -0.15) is 5.10 Å². The highest BCUT2D eigenvalue weighted by atomic mass is 35.5. The number of nitrogens with one attached hydrogen (secondary N) is 1. The van der Waals surface area contributed by atoms with E-state index in [1.807, 2.05) is 0 Å². The quantitative estimate of drug-likeness (QED) is 0.498. The second-order valence-electron chi connectivity index (χ2n) is 3.68. The van der Waals surface area contributed by atoms with Crippen molar-refractivity contribution in [2.75, 3.05) is 0 Å². The van der Waals surface area contributed by atoms with E-state index in [1.165, 1.54) is 18.2 Å². The van der Waals surface area contributed by atoms with Gasteiger partial charge in [-0.1, -0.05) is 29.1 Å². The molecule has 5 nitrogen and oxygen atoms in total. The van der Waals surface area contributed by atoms with Crippen LogP contribution in [0.1, 0.15) is 17.0 Å². The lowest BCUT2D eigenvalue weighted by Crippen LogP contribution is -1.89. The molecule has 2 rings (SSSR count). The number of nitro benzene ring substituents is 1. The second-order valence-corrected chi connectivity index (χ2v) is 4.47. The van der Waals surface area contributed by atoms with Gasteiger partial charge in [0.2, 0.25) is 0 Å². The monoisotopic (exact) mass is 295 g/mol. The van der Waals surface area contributed by atoms with Crippen LogP contribution >= 0.6 is 23.2 Å². The van der Waals surface area contributed by atoms with Crippen LogP contribution in [0.5, 0.6) is 0 Å². The topological polar surface area (TPSA) is 71.8 Å². The van der Waals surface area contributed by atoms with E-state index in [0.29, 0.717) is 27.0 Å². The predicted molar refractivity (Wildman–Crippen MR) is 72.4 cm³/mol. The van der Waals surface area contributed by atoms with E-state index in [1.54, 1.807) is 6.92 Å². The number of aromatic nitrogens is 2. The standard InChI is InChI=1S/C12H7Cl2N3O2/c1-7-12(14)11(16-15-7)5-2-8-6-9(17(18)19)3-4-10(8)13/h3-4,6H,1H3,(H,15,16). The Bertz CT molecular complexity index is 713. The predicted octanol–water partition coefficient (Wildman–Crippen LogP) is 3.33. The molecule has 19 heavy (non-hydrogen) atoms. The number of H-pyrrole nitrogens is 1. The zero-order chi connectivity index (χ0) is 14.0. The van der Waals surface area contributed by atoms with Crippen molar-refractivity contribution in [2.45, 2.75) is 6.92 Å². The fraction of sp³-hybridized carbons (Fsp3) is 0.0833. The maximum absolute atomic E-state index is 10.7. The lowest BCUT2D eigenvalue weighted by Gasteiger charge is -1.95. The molecule has 0 unspecified atom stereocenters. The summed E-state index contributed by atoms with van der Waals surface area (Å²) in [7, 11) is 0. The molecule has 1 heterocycles. The van der Waals surface area contributed by atoms with E-state index in [4.69, 9.17) is 23.2 Å². The number of rotatable bonds is 1. The first-order valence-corrected chi connectivity index (χ1v) is 5.91. The molecule has 0 aliphatic heterocycles. The molecule has 0 fully saturated rings. The summed E-state index contributed by atoms with van der Waals surface area (Å²) in [6.07, 6.45) is 0. The van der Waals surface area contributed by atoms with E-state index < -0.39 is 4.92 Å². The maximum atomic E-state index is 10.7. The van der Waals surface area contributed by atoms with Crippen LogP contribution in [0.15, 0.2) is 18.2 Å². The van der Waals surface area contributed by atoms with E-state index in [0.717, 1.165) is 0 Å². The van der Waals surface area contributed by atoms with Gasteiger partial charge in [0, 0.05) is 12.1 Å². The molecule has 0 bridgehead atoms. The number of nitro groups is 1. The summed E-state index contributed by atoms with van der Waals surface area (Å²) in [5.41, 5.74) is 1.36. The van der Waals surface area contributed by atoms with E-state index in [9.17, 15) is 10.1 Å². The van der Waals surface area contributed by atoms with Gasteiger partial charge in [0.25, 0.3) is 5.69 Å². The zero-order valence-corrected chi connectivity index (χ0v) is 11.2. The number of hydrogen-bond acceptors (Lipinski definition) is 3. The number of aromatic amines is 1. The van der Waals surface area contributed by atoms with Gasteiger partial charge in [0.15, 0.2) is 5.69 Å². The molecule has 1 aromatic heterocycles. The molecule has 2 aromatic rings. The Morgan fingerprint density at radius 2 is 2.11 bits per heavy atom. The molecule has 1 N–H and O–H groups in total. The SMILES string of the molecule is Cc1[nH]nc(C#Cc2cc([N+](=O)[O-])ccc2Cl)c1Cl. The van der Waals surface area contributed by atoms with Crippen LogP contribution in [0.2, 0.25) is 10.0 Å².